The van der Waals surface area contributed by atoms with Gasteiger partial charge in [0, 0.05) is 0 Å². The summed E-state index contributed by atoms with van der Waals surface area (Å²) in [6.07, 6.45) is 1.85. The minimum atomic E-state index is -3.00. The van der Waals surface area contributed by atoms with Crippen LogP contribution in [0, 0.1) is 0 Å². The van der Waals surface area contributed by atoms with E-state index in [4.69, 9.17) is 18.1 Å². The second-order valence-electron chi connectivity index (χ2n) is 4.05. The fourth-order valence-electron chi connectivity index (χ4n) is 1.73. The van der Waals surface area contributed by atoms with E-state index in [1.807, 2.05) is 0 Å². The molecule has 0 unspecified atom stereocenters. The molecule has 0 saturated heterocycles. The van der Waals surface area contributed by atoms with Crippen molar-refractivity contribution in [1.82, 2.24) is 0 Å². The quantitative estimate of drug-likeness (QED) is 0.370. The number of hydrogen-bond acceptors (Lipinski definition) is 6. The molecular weight excluding hydrogens is 302 g/mol. The van der Waals surface area contributed by atoms with Crippen LogP contribution in [0.5, 0.6) is 0 Å². The first kappa shape index (κ1) is 20.3. The highest BCUT2D eigenvalue weighted by Crippen LogP contribution is 2.51. The highest BCUT2D eigenvalue weighted by molar-refractivity contribution is 7.54. The predicted octanol–water partition coefficient (Wildman–Crippen LogP) is 4.30. The third kappa shape index (κ3) is 8.56. The predicted molar refractivity (Wildman–Crippen MR) is 80.7 cm³/mol. The Kier molecular flexibility index (Phi) is 11.1. The molecular formula is C12H28O6P2. The zero-order chi connectivity index (χ0) is 15.5. The molecule has 0 aliphatic heterocycles. The Morgan fingerprint density at radius 2 is 0.850 bits per heavy atom. The van der Waals surface area contributed by atoms with Crippen molar-refractivity contribution in [2.24, 2.45) is 0 Å². The minimum absolute atomic E-state index is 0.326. The molecule has 0 aliphatic carbocycles. The van der Waals surface area contributed by atoms with E-state index >= 15 is 0 Å². The molecule has 122 valence electrons. The minimum Gasteiger partial charge on any atom is -0.309 e. The summed E-state index contributed by atoms with van der Waals surface area (Å²) in [6.45, 7) is 8.55. The first-order valence-corrected chi connectivity index (χ1v) is 10.7. The van der Waals surface area contributed by atoms with Crippen LogP contribution < -0.4 is 0 Å². The number of hydrogen-bond donors (Lipinski definition) is 0. The maximum atomic E-state index is 12.2. The van der Waals surface area contributed by atoms with E-state index in [1.165, 1.54) is 0 Å². The van der Waals surface area contributed by atoms with Crippen molar-refractivity contribution in [2.45, 2.75) is 40.5 Å². The van der Waals surface area contributed by atoms with Gasteiger partial charge in [0.2, 0.25) is 0 Å². The Bertz CT molecular complexity index is 282. The van der Waals surface area contributed by atoms with Crippen LogP contribution in [0.2, 0.25) is 0 Å². The molecule has 0 aromatic heterocycles. The third-order valence-corrected chi connectivity index (χ3v) is 6.75. The van der Waals surface area contributed by atoms with Crippen LogP contribution in [0.25, 0.3) is 0 Å². The van der Waals surface area contributed by atoms with Crippen LogP contribution in [0.1, 0.15) is 40.5 Å². The molecule has 0 fully saturated rings. The van der Waals surface area contributed by atoms with Gasteiger partial charge >= 0.3 is 15.2 Å². The lowest BCUT2D eigenvalue weighted by Crippen LogP contribution is -2.03. The highest BCUT2D eigenvalue weighted by Gasteiger charge is 2.26. The van der Waals surface area contributed by atoms with E-state index in [-0.39, 0.29) is 0 Å². The molecule has 8 heteroatoms. The van der Waals surface area contributed by atoms with Crippen molar-refractivity contribution in [3.63, 3.8) is 0 Å². The molecule has 0 amide bonds. The van der Waals surface area contributed by atoms with Gasteiger partial charge in [-0.25, -0.2) is 0 Å². The highest BCUT2D eigenvalue weighted by atomic mass is 31.2. The fourth-order valence-corrected chi connectivity index (χ4v) is 5.19. The van der Waals surface area contributed by atoms with Crippen molar-refractivity contribution >= 4 is 15.2 Å². The van der Waals surface area contributed by atoms with E-state index in [0.717, 1.165) is 0 Å². The lowest BCUT2D eigenvalue weighted by molar-refractivity contribution is 0.216. The van der Waals surface area contributed by atoms with Gasteiger partial charge in [0.25, 0.3) is 0 Å². The van der Waals surface area contributed by atoms with Crippen LogP contribution in [-0.4, -0.2) is 38.8 Å². The molecule has 0 spiro atoms. The smallest absolute Gasteiger partial charge is 0.309 e. The van der Waals surface area contributed by atoms with Gasteiger partial charge in [-0.2, -0.15) is 0 Å². The molecule has 0 atom stereocenters. The molecule has 0 aliphatic rings. The van der Waals surface area contributed by atoms with E-state index in [9.17, 15) is 9.13 Å². The summed E-state index contributed by atoms with van der Waals surface area (Å²) in [4.78, 5) is 0. The van der Waals surface area contributed by atoms with Crippen LogP contribution in [0.4, 0.5) is 0 Å². The Morgan fingerprint density at radius 3 is 1.05 bits per heavy atom. The van der Waals surface area contributed by atoms with Gasteiger partial charge in [0.15, 0.2) is 0 Å². The SMILES string of the molecule is CCOP(=O)(CCCCP(=O)(OCC)OCC)OCC. The van der Waals surface area contributed by atoms with E-state index < -0.39 is 15.2 Å². The second kappa shape index (κ2) is 10.9. The van der Waals surface area contributed by atoms with Crippen molar-refractivity contribution in [3.05, 3.63) is 0 Å². The average molecular weight is 330 g/mol. The molecule has 0 aromatic carbocycles. The Hall–Kier alpha value is 0.300. The molecule has 0 heterocycles. The summed E-state index contributed by atoms with van der Waals surface area (Å²) in [5, 5.41) is 0. The summed E-state index contributed by atoms with van der Waals surface area (Å²) in [6, 6.07) is 0. The van der Waals surface area contributed by atoms with E-state index in [1.54, 1.807) is 27.7 Å². The van der Waals surface area contributed by atoms with Crippen LogP contribution >= 0.6 is 15.2 Å². The molecule has 0 N–H and O–H groups in total. The summed E-state index contributed by atoms with van der Waals surface area (Å²) < 4.78 is 45.2. The first-order valence-electron chi connectivity index (χ1n) is 7.21. The van der Waals surface area contributed by atoms with Gasteiger partial charge in [-0.15, -0.1) is 0 Å². The summed E-state index contributed by atoms with van der Waals surface area (Å²) in [5.74, 6) is 0. The van der Waals surface area contributed by atoms with Crippen LogP contribution in [0.15, 0.2) is 0 Å². The normalized spacial score (nSPS) is 12.8. The van der Waals surface area contributed by atoms with Crippen LogP contribution in [0.3, 0.4) is 0 Å². The van der Waals surface area contributed by atoms with E-state index in [2.05, 4.69) is 0 Å². The number of unbranched alkanes of at least 4 members (excludes halogenated alkanes) is 1. The zero-order valence-corrected chi connectivity index (χ0v) is 14.8. The maximum Gasteiger partial charge on any atom is 0.330 e. The molecule has 0 bridgehead atoms. The molecule has 20 heavy (non-hydrogen) atoms. The average Bonchev–Trinajstić information content (AvgIpc) is 2.36. The molecule has 0 saturated carbocycles. The van der Waals surface area contributed by atoms with Crippen molar-refractivity contribution in [1.29, 1.82) is 0 Å². The largest absolute Gasteiger partial charge is 0.330 e. The van der Waals surface area contributed by atoms with Gasteiger partial charge in [-0.05, 0) is 40.5 Å². The lowest BCUT2D eigenvalue weighted by Gasteiger charge is -2.18. The van der Waals surface area contributed by atoms with Crippen LogP contribution in [-0.2, 0) is 27.2 Å². The topological polar surface area (TPSA) is 71.1 Å². The van der Waals surface area contributed by atoms with Gasteiger partial charge in [0.05, 0.1) is 38.8 Å². The number of rotatable bonds is 13. The molecule has 0 rings (SSSR count). The fraction of sp³-hybridized carbons (Fsp3) is 1.00. The third-order valence-electron chi connectivity index (χ3n) is 2.42. The first-order chi connectivity index (χ1) is 9.45. The second-order valence-corrected chi connectivity index (χ2v) is 8.42. The maximum absolute atomic E-state index is 12.2. The van der Waals surface area contributed by atoms with Gasteiger partial charge in [0.1, 0.15) is 0 Å². The van der Waals surface area contributed by atoms with E-state index in [0.29, 0.717) is 51.6 Å². The van der Waals surface area contributed by atoms with Crippen molar-refractivity contribution in [3.8, 4) is 0 Å². The monoisotopic (exact) mass is 330 g/mol. The zero-order valence-electron chi connectivity index (χ0n) is 13.0. The molecule has 6 nitrogen and oxygen atoms in total. The Balaban J connectivity index is 4.20. The standard InChI is InChI=1S/C12H28O6P2/c1-5-15-19(13,16-6-2)11-9-10-12-20(14,17-7-3)18-8-4/h5-12H2,1-4H3. The van der Waals surface area contributed by atoms with Gasteiger partial charge in [-0.1, -0.05) is 0 Å². The summed E-state index contributed by atoms with van der Waals surface area (Å²) in [7, 11) is -6.01. The van der Waals surface area contributed by atoms with Gasteiger partial charge < -0.3 is 18.1 Å². The summed E-state index contributed by atoms with van der Waals surface area (Å²) in [5.41, 5.74) is 0. The lowest BCUT2D eigenvalue weighted by atomic mass is 10.4. The molecule has 0 radical (unpaired) electrons. The van der Waals surface area contributed by atoms with Crippen molar-refractivity contribution < 1.29 is 27.2 Å². The molecule has 0 aromatic rings. The Morgan fingerprint density at radius 1 is 0.600 bits per heavy atom. The van der Waals surface area contributed by atoms with Gasteiger partial charge in [-0.3, -0.25) is 9.13 Å². The summed E-state index contributed by atoms with van der Waals surface area (Å²) >= 11 is 0. The Labute approximate surface area is 122 Å². The van der Waals surface area contributed by atoms with Crippen molar-refractivity contribution in [2.75, 3.05) is 38.8 Å².